The minimum Gasteiger partial charge on any atom is -0.481 e. The summed E-state index contributed by atoms with van der Waals surface area (Å²) in [4.78, 5) is 59.5. The Morgan fingerprint density at radius 1 is 1.19 bits per heavy atom. The van der Waals surface area contributed by atoms with Gasteiger partial charge in [0.15, 0.2) is 0 Å². The van der Waals surface area contributed by atoms with E-state index in [2.05, 4.69) is 10.6 Å². The summed E-state index contributed by atoms with van der Waals surface area (Å²) in [6, 6.07) is -3.26. The van der Waals surface area contributed by atoms with Gasteiger partial charge in [-0.05, 0) is 18.8 Å². The normalized spacial score (nSPS) is 18.7. The van der Waals surface area contributed by atoms with Crippen LogP contribution in [0, 0.1) is 5.92 Å². The highest BCUT2D eigenvalue weighted by Gasteiger charge is 2.36. The molecule has 1 rings (SSSR count). The Kier molecular flexibility index (Phi) is 8.16. The first-order valence-corrected chi connectivity index (χ1v) is 8.62. The van der Waals surface area contributed by atoms with Crippen molar-refractivity contribution in [3.63, 3.8) is 0 Å². The average Bonchev–Trinajstić information content (AvgIpc) is 3.07. The number of nitrogens with one attached hydrogen (secondary N) is 2. The molecule has 1 aliphatic rings. The van der Waals surface area contributed by atoms with Crippen molar-refractivity contribution >= 4 is 29.7 Å². The Bertz CT molecular complexity index is 608. The second kappa shape index (κ2) is 9.86. The number of amides is 3. The number of carboxylic acids is 2. The van der Waals surface area contributed by atoms with Crippen molar-refractivity contribution in [3.8, 4) is 0 Å². The van der Waals surface area contributed by atoms with Crippen molar-refractivity contribution in [2.75, 3.05) is 13.1 Å². The van der Waals surface area contributed by atoms with Gasteiger partial charge in [-0.1, -0.05) is 13.8 Å². The zero-order valence-electron chi connectivity index (χ0n) is 15.3. The molecule has 1 aliphatic heterocycles. The van der Waals surface area contributed by atoms with Crippen LogP contribution in [0.3, 0.4) is 0 Å². The van der Waals surface area contributed by atoms with E-state index in [1.807, 2.05) is 0 Å². The van der Waals surface area contributed by atoms with E-state index in [0.29, 0.717) is 12.8 Å². The quantitative estimate of drug-likeness (QED) is 0.305. The van der Waals surface area contributed by atoms with Crippen molar-refractivity contribution in [1.82, 2.24) is 15.5 Å². The maximum absolute atomic E-state index is 12.3. The number of likely N-dealkylation sites (tertiary alicyclic amines) is 1. The van der Waals surface area contributed by atoms with Gasteiger partial charge in [-0.3, -0.25) is 19.2 Å². The molecule has 1 fully saturated rings. The molecule has 6 N–H and O–H groups in total. The maximum Gasteiger partial charge on any atom is 0.326 e. The Balaban J connectivity index is 2.67. The van der Waals surface area contributed by atoms with Crippen LogP contribution >= 0.6 is 0 Å². The summed E-state index contributed by atoms with van der Waals surface area (Å²) in [5.41, 5.74) is 5.69. The molecular weight excluding hydrogens is 360 g/mol. The summed E-state index contributed by atoms with van der Waals surface area (Å²) in [6.45, 7) is 3.48. The predicted molar refractivity (Wildman–Crippen MR) is 92.4 cm³/mol. The molecule has 0 aliphatic carbocycles. The third kappa shape index (κ3) is 6.51. The van der Waals surface area contributed by atoms with Crippen LogP contribution < -0.4 is 16.4 Å². The van der Waals surface area contributed by atoms with Gasteiger partial charge in [0.1, 0.15) is 12.1 Å². The molecule has 3 atom stereocenters. The molecule has 0 bridgehead atoms. The molecule has 0 saturated carbocycles. The van der Waals surface area contributed by atoms with Crippen LogP contribution in [0.25, 0.3) is 0 Å². The Morgan fingerprint density at radius 3 is 2.33 bits per heavy atom. The molecule has 1 saturated heterocycles. The summed E-state index contributed by atoms with van der Waals surface area (Å²) in [5, 5.41) is 22.3. The zero-order valence-corrected chi connectivity index (χ0v) is 15.3. The molecular formula is C16H26N4O7. The Hall–Kier alpha value is -2.69. The Morgan fingerprint density at radius 2 is 1.81 bits per heavy atom. The first-order chi connectivity index (χ1) is 12.5. The molecule has 0 unspecified atom stereocenters. The van der Waals surface area contributed by atoms with Crippen molar-refractivity contribution in [3.05, 3.63) is 0 Å². The lowest BCUT2D eigenvalue weighted by Gasteiger charge is -2.25. The second-order valence-corrected chi connectivity index (χ2v) is 6.73. The molecule has 0 aromatic rings. The van der Waals surface area contributed by atoms with Gasteiger partial charge in [-0.2, -0.15) is 0 Å². The first-order valence-electron chi connectivity index (χ1n) is 8.62. The molecule has 11 heteroatoms. The third-order valence-electron chi connectivity index (χ3n) is 4.30. The van der Waals surface area contributed by atoms with Crippen LogP contribution in [-0.2, 0) is 24.0 Å². The van der Waals surface area contributed by atoms with Crippen LogP contribution in [-0.4, -0.2) is 76.0 Å². The summed E-state index contributed by atoms with van der Waals surface area (Å²) < 4.78 is 0. The number of hydrogen-bond donors (Lipinski definition) is 5. The van der Waals surface area contributed by atoms with Gasteiger partial charge < -0.3 is 31.5 Å². The SMILES string of the molecule is CC(C)[C@H](N)C(=O)NCC(=O)N1CCC[C@H]1C(=O)N[C@@H](CC(=O)O)C(=O)O. The fourth-order valence-corrected chi connectivity index (χ4v) is 2.67. The molecule has 0 aromatic carbocycles. The van der Waals surface area contributed by atoms with E-state index in [1.165, 1.54) is 4.90 Å². The predicted octanol–water partition coefficient (Wildman–Crippen LogP) is -1.88. The van der Waals surface area contributed by atoms with Crippen molar-refractivity contribution in [2.24, 2.45) is 11.7 Å². The fraction of sp³-hybridized carbons (Fsp3) is 0.688. The van der Waals surface area contributed by atoms with Gasteiger partial charge in [0.2, 0.25) is 17.7 Å². The van der Waals surface area contributed by atoms with Gasteiger partial charge in [-0.25, -0.2) is 4.79 Å². The molecule has 0 spiro atoms. The number of hydrogen-bond acceptors (Lipinski definition) is 6. The van der Waals surface area contributed by atoms with Gasteiger partial charge in [0.25, 0.3) is 0 Å². The van der Waals surface area contributed by atoms with E-state index < -0.39 is 54.2 Å². The maximum atomic E-state index is 12.3. The number of rotatable bonds is 9. The van der Waals surface area contributed by atoms with Crippen molar-refractivity contribution < 1.29 is 34.2 Å². The van der Waals surface area contributed by atoms with Crippen LogP contribution in [0.5, 0.6) is 0 Å². The van der Waals surface area contributed by atoms with E-state index in [-0.39, 0.29) is 19.0 Å². The third-order valence-corrected chi connectivity index (χ3v) is 4.30. The van der Waals surface area contributed by atoms with Gasteiger partial charge in [-0.15, -0.1) is 0 Å². The largest absolute Gasteiger partial charge is 0.481 e. The monoisotopic (exact) mass is 386 g/mol. The van der Waals surface area contributed by atoms with E-state index in [1.54, 1.807) is 13.8 Å². The van der Waals surface area contributed by atoms with Crippen molar-refractivity contribution in [2.45, 2.75) is 51.2 Å². The highest BCUT2D eigenvalue weighted by atomic mass is 16.4. The molecule has 11 nitrogen and oxygen atoms in total. The lowest BCUT2D eigenvalue weighted by Crippen LogP contribution is -2.53. The fourth-order valence-electron chi connectivity index (χ4n) is 2.67. The minimum atomic E-state index is -1.59. The molecule has 0 aromatic heterocycles. The molecule has 3 amide bonds. The van der Waals surface area contributed by atoms with E-state index >= 15 is 0 Å². The average molecular weight is 386 g/mol. The van der Waals surface area contributed by atoms with Gasteiger partial charge in [0, 0.05) is 6.54 Å². The number of nitrogens with zero attached hydrogens (tertiary/aromatic N) is 1. The number of nitrogens with two attached hydrogens (primary N) is 1. The van der Waals surface area contributed by atoms with Crippen LogP contribution in [0.15, 0.2) is 0 Å². The smallest absolute Gasteiger partial charge is 0.326 e. The highest BCUT2D eigenvalue weighted by Crippen LogP contribution is 2.18. The van der Waals surface area contributed by atoms with Crippen LogP contribution in [0.2, 0.25) is 0 Å². The summed E-state index contributed by atoms with van der Waals surface area (Å²) in [5.74, 6) is -4.66. The van der Waals surface area contributed by atoms with Crippen LogP contribution in [0.1, 0.15) is 33.1 Å². The van der Waals surface area contributed by atoms with Gasteiger partial charge in [0.05, 0.1) is 19.0 Å². The van der Waals surface area contributed by atoms with Gasteiger partial charge >= 0.3 is 11.9 Å². The first kappa shape index (κ1) is 22.4. The lowest BCUT2D eigenvalue weighted by molar-refractivity contribution is -0.148. The lowest BCUT2D eigenvalue weighted by atomic mass is 10.1. The molecule has 27 heavy (non-hydrogen) atoms. The van der Waals surface area contributed by atoms with E-state index in [4.69, 9.17) is 15.9 Å². The minimum absolute atomic E-state index is 0.104. The van der Waals surface area contributed by atoms with Crippen molar-refractivity contribution in [1.29, 1.82) is 0 Å². The van der Waals surface area contributed by atoms with E-state index in [9.17, 15) is 24.0 Å². The molecule has 152 valence electrons. The molecule has 1 heterocycles. The summed E-state index contributed by atoms with van der Waals surface area (Å²) in [7, 11) is 0. The molecule has 0 radical (unpaired) electrons. The summed E-state index contributed by atoms with van der Waals surface area (Å²) in [6.07, 6.45) is 0.0707. The number of carbonyl (C=O) groups is 5. The number of carbonyl (C=O) groups excluding carboxylic acids is 3. The summed E-state index contributed by atoms with van der Waals surface area (Å²) >= 11 is 0. The topological polar surface area (TPSA) is 179 Å². The number of aliphatic carboxylic acids is 2. The second-order valence-electron chi connectivity index (χ2n) is 6.73. The highest BCUT2D eigenvalue weighted by molar-refractivity contribution is 5.93. The standard InChI is InChI=1S/C16H26N4O7/c1-8(2)13(17)15(25)18-7-11(21)20-5-3-4-10(20)14(24)19-9(16(26)27)6-12(22)23/h8-10,13H,3-7,17H2,1-2H3,(H,18,25)(H,19,24)(H,22,23)(H,26,27)/t9-,10-,13-/m0/s1. The van der Waals surface area contributed by atoms with Crippen LogP contribution in [0.4, 0.5) is 0 Å². The zero-order chi connectivity index (χ0) is 20.7. The van der Waals surface area contributed by atoms with E-state index in [0.717, 1.165) is 0 Å². The Labute approximate surface area is 156 Å². The number of carboxylic acid groups (broad SMARTS) is 2.